The molecule has 0 fully saturated rings. The Morgan fingerprint density at radius 3 is 2.80 bits per heavy atom. The van der Waals surface area contributed by atoms with Crippen molar-refractivity contribution in [1.29, 1.82) is 0 Å². The van der Waals surface area contributed by atoms with Crippen molar-refractivity contribution in [2.45, 2.75) is 33.2 Å². The van der Waals surface area contributed by atoms with E-state index >= 15 is 0 Å². The molecule has 0 spiro atoms. The molecule has 1 aromatic rings. The smallest absolute Gasteiger partial charge is 0.315 e. The van der Waals surface area contributed by atoms with Crippen LogP contribution in [-0.2, 0) is 11.2 Å². The van der Waals surface area contributed by atoms with Gasteiger partial charge in [-0.2, -0.15) is 0 Å². The Kier molecular flexibility index (Phi) is 4.08. The van der Waals surface area contributed by atoms with Gasteiger partial charge in [-0.15, -0.1) is 5.10 Å². The van der Waals surface area contributed by atoms with Crippen molar-refractivity contribution in [2.75, 3.05) is 11.9 Å². The molecule has 6 nitrogen and oxygen atoms in total. The summed E-state index contributed by atoms with van der Waals surface area (Å²) in [5, 5.41) is 13.3. The van der Waals surface area contributed by atoms with Crippen LogP contribution in [0.3, 0.4) is 0 Å². The van der Waals surface area contributed by atoms with E-state index in [0.717, 1.165) is 0 Å². The van der Waals surface area contributed by atoms with E-state index < -0.39 is 0 Å². The topological polar surface area (TPSA) is 80.0 Å². The number of rotatable bonds is 5. The van der Waals surface area contributed by atoms with E-state index in [1.807, 2.05) is 13.8 Å². The van der Waals surface area contributed by atoms with E-state index in [9.17, 15) is 4.79 Å². The molecule has 2 N–H and O–H groups in total. The second-order valence-corrected chi connectivity index (χ2v) is 3.53. The van der Waals surface area contributed by atoms with Gasteiger partial charge in [-0.05, 0) is 13.8 Å². The molecule has 0 unspecified atom stereocenters. The zero-order valence-corrected chi connectivity index (χ0v) is 9.20. The Labute approximate surface area is 88.4 Å². The summed E-state index contributed by atoms with van der Waals surface area (Å²) in [5.74, 6) is 0.460. The van der Waals surface area contributed by atoms with Gasteiger partial charge in [-0.25, -0.2) is 0 Å². The third kappa shape index (κ3) is 4.44. The number of hydrogen-bond donors (Lipinski definition) is 2. The van der Waals surface area contributed by atoms with Gasteiger partial charge in [0, 0.05) is 25.9 Å². The van der Waals surface area contributed by atoms with E-state index in [0.29, 0.717) is 24.9 Å². The van der Waals surface area contributed by atoms with Crippen molar-refractivity contribution < 1.29 is 9.21 Å². The third-order valence-electron chi connectivity index (χ3n) is 1.59. The summed E-state index contributed by atoms with van der Waals surface area (Å²) in [5.41, 5.74) is 0. The Bertz CT molecular complexity index is 322. The van der Waals surface area contributed by atoms with Gasteiger partial charge in [-0.3, -0.25) is 4.79 Å². The first kappa shape index (κ1) is 11.5. The van der Waals surface area contributed by atoms with Crippen molar-refractivity contribution in [3.8, 4) is 0 Å². The minimum atomic E-state index is -0.0601. The molecule has 84 valence electrons. The van der Waals surface area contributed by atoms with Gasteiger partial charge in [0.2, 0.25) is 11.8 Å². The fourth-order valence-electron chi connectivity index (χ4n) is 1.01. The number of carbonyl (C=O) groups excluding carboxylic acids is 1. The highest BCUT2D eigenvalue weighted by atomic mass is 16.4. The third-order valence-corrected chi connectivity index (χ3v) is 1.59. The van der Waals surface area contributed by atoms with Crippen molar-refractivity contribution in [3.63, 3.8) is 0 Å². The Morgan fingerprint density at radius 2 is 2.20 bits per heavy atom. The van der Waals surface area contributed by atoms with Crippen molar-refractivity contribution >= 4 is 11.9 Å². The van der Waals surface area contributed by atoms with Gasteiger partial charge in [0.25, 0.3) is 0 Å². The molecule has 0 saturated carbocycles. The number of carbonyl (C=O) groups is 1. The lowest BCUT2D eigenvalue weighted by Crippen LogP contribution is -2.22. The van der Waals surface area contributed by atoms with Crippen LogP contribution >= 0.6 is 0 Å². The van der Waals surface area contributed by atoms with Gasteiger partial charge >= 0.3 is 6.01 Å². The van der Waals surface area contributed by atoms with Crippen LogP contribution in [0.4, 0.5) is 6.01 Å². The number of hydrogen-bond acceptors (Lipinski definition) is 5. The number of nitrogens with one attached hydrogen (secondary N) is 2. The predicted octanol–water partition coefficient (Wildman–Crippen LogP) is 0.568. The molecule has 0 bridgehead atoms. The highest BCUT2D eigenvalue weighted by Gasteiger charge is 2.06. The first-order valence-corrected chi connectivity index (χ1v) is 4.91. The highest BCUT2D eigenvalue weighted by Crippen LogP contribution is 2.06. The predicted molar refractivity (Wildman–Crippen MR) is 55.4 cm³/mol. The van der Waals surface area contributed by atoms with Crippen molar-refractivity contribution in [2.24, 2.45) is 0 Å². The summed E-state index contributed by atoms with van der Waals surface area (Å²) in [6.07, 6.45) is 0.548. The molecule has 0 saturated heterocycles. The normalized spacial score (nSPS) is 10.4. The molecule has 1 amide bonds. The zero-order valence-electron chi connectivity index (χ0n) is 9.20. The van der Waals surface area contributed by atoms with Gasteiger partial charge in [0.15, 0.2) is 0 Å². The van der Waals surface area contributed by atoms with Crippen LogP contribution in [0.15, 0.2) is 4.42 Å². The molecular weight excluding hydrogens is 196 g/mol. The van der Waals surface area contributed by atoms with E-state index in [-0.39, 0.29) is 11.9 Å². The largest absolute Gasteiger partial charge is 0.408 e. The second kappa shape index (κ2) is 5.33. The minimum absolute atomic E-state index is 0.0601. The quantitative estimate of drug-likeness (QED) is 0.745. The lowest BCUT2D eigenvalue weighted by molar-refractivity contribution is -0.118. The van der Waals surface area contributed by atoms with E-state index in [4.69, 9.17) is 4.42 Å². The fourth-order valence-corrected chi connectivity index (χ4v) is 1.01. The lowest BCUT2D eigenvalue weighted by atomic mass is 10.4. The van der Waals surface area contributed by atoms with E-state index in [1.165, 1.54) is 6.92 Å². The van der Waals surface area contributed by atoms with Crippen LogP contribution in [-0.4, -0.2) is 28.7 Å². The highest BCUT2D eigenvalue weighted by molar-refractivity contribution is 5.72. The maximum Gasteiger partial charge on any atom is 0.315 e. The van der Waals surface area contributed by atoms with Gasteiger partial charge in [-0.1, -0.05) is 5.10 Å². The molecule has 6 heteroatoms. The average molecular weight is 212 g/mol. The van der Waals surface area contributed by atoms with Crippen LogP contribution in [0.5, 0.6) is 0 Å². The number of nitrogens with zero attached hydrogens (tertiary/aromatic N) is 2. The van der Waals surface area contributed by atoms with Gasteiger partial charge in [0.05, 0.1) is 0 Å². The first-order chi connectivity index (χ1) is 7.08. The molecule has 0 aliphatic heterocycles. The second-order valence-electron chi connectivity index (χ2n) is 3.53. The maximum absolute atomic E-state index is 10.6. The molecule has 0 radical (unpaired) electrons. The Hall–Kier alpha value is -1.59. The fraction of sp³-hybridized carbons (Fsp3) is 0.667. The molecule has 0 aliphatic rings. The van der Waals surface area contributed by atoms with Gasteiger partial charge in [0.1, 0.15) is 0 Å². The molecule has 1 aromatic heterocycles. The van der Waals surface area contributed by atoms with E-state index in [2.05, 4.69) is 20.8 Å². The van der Waals surface area contributed by atoms with Crippen LogP contribution in [0.25, 0.3) is 0 Å². The lowest BCUT2D eigenvalue weighted by Gasteiger charge is -2.02. The summed E-state index contributed by atoms with van der Waals surface area (Å²) in [7, 11) is 0. The van der Waals surface area contributed by atoms with Crippen LogP contribution in [0.2, 0.25) is 0 Å². The number of anilines is 1. The maximum atomic E-state index is 10.6. The number of amides is 1. The zero-order chi connectivity index (χ0) is 11.3. The van der Waals surface area contributed by atoms with Gasteiger partial charge < -0.3 is 15.1 Å². The monoisotopic (exact) mass is 212 g/mol. The summed E-state index contributed by atoms with van der Waals surface area (Å²) in [6, 6.07) is 0.677. The Balaban J connectivity index is 2.36. The summed E-state index contributed by atoms with van der Waals surface area (Å²) in [6.45, 7) is 5.96. The van der Waals surface area contributed by atoms with Crippen LogP contribution in [0.1, 0.15) is 26.7 Å². The summed E-state index contributed by atoms with van der Waals surface area (Å²) < 4.78 is 5.29. The molecular formula is C9H16N4O2. The molecule has 15 heavy (non-hydrogen) atoms. The molecule has 1 heterocycles. The van der Waals surface area contributed by atoms with Crippen molar-refractivity contribution in [3.05, 3.63) is 5.89 Å². The first-order valence-electron chi connectivity index (χ1n) is 4.91. The number of aromatic nitrogens is 2. The molecule has 0 atom stereocenters. The molecule has 0 aliphatic carbocycles. The SMILES string of the molecule is CC(=O)NCCc1nnc(NC(C)C)o1. The average Bonchev–Trinajstić information content (AvgIpc) is 2.50. The van der Waals surface area contributed by atoms with Crippen molar-refractivity contribution in [1.82, 2.24) is 15.5 Å². The van der Waals surface area contributed by atoms with E-state index in [1.54, 1.807) is 0 Å². The molecule has 1 rings (SSSR count). The van der Waals surface area contributed by atoms with Crippen LogP contribution < -0.4 is 10.6 Å². The summed E-state index contributed by atoms with van der Waals surface area (Å²) in [4.78, 5) is 10.6. The standard InChI is InChI=1S/C9H16N4O2/c1-6(2)11-9-13-12-8(15-9)4-5-10-7(3)14/h6H,4-5H2,1-3H3,(H,10,14)(H,11,13). The summed E-state index contributed by atoms with van der Waals surface area (Å²) >= 11 is 0. The minimum Gasteiger partial charge on any atom is -0.408 e. The molecule has 0 aromatic carbocycles. The van der Waals surface area contributed by atoms with Crippen LogP contribution in [0, 0.1) is 0 Å². The Morgan fingerprint density at radius 1 is 1.47 bits per heavy atom.